The van der Waals surface area contributed by atoms with Crippen molar-refractivity contribution in [3.63, 3.8) is 0 Å². The van der Waals surface area contributed by atoms with Crippen LogP contribution in [0.2, 0.25) is 0 Å². The molecule has 0 radical (unpaired) electrons. The van der Waals surface area contributed by atoms with Crippen molar-refractivity contribution in [3.8, 4) is 0 Å². The molecule has 1 N–H and O–H groups in total. The molecule has 0 spiro atoms. The average molecular weight is 220 g/mol. The summed E-state index contributed by atoms with van der Waals surface area (Å²) in [5.41, 5.74) is 0. The summed E-state index contributed by atoms with van der Waals surface area (Å²) in [6.45, 7) is 9.43. The molecule has 88 valence electrons. The maximum Gasteiger partial charge on any atom is 0.0591 e. The van der Waals surface area contributed by atoms with Crippen LogP contribution in [0.15, 0.2) is 0 Å². The zero-order valence-corrected chi connectivity index (χ0v) is 11.4. The maximum absolute atomic E-state index is 2.36. The molecule has 0 aliphatic heterocycles. The highest BCUT2D eigenvalue weighted by molar-refractivity contribution is 7.75. The molecule has 0 amide bonds. The molecule has 0 rings (SSSR count). The molecule has 0 aliphatic carbocycles. The molecule has 0 saturated heterocycles. The van der Waals surface area contributed by atoms with Gasteiger partial charge in [-0.05, 0) is 25.7 Å². The summed E-state index contributed by atoms with van der Waals surface area (Å²) in [5, 5.41) is 0. The van der Waals surface area contributed by atoms with E-state index in [1.165, 1.54) is 25.7 Å². The van der Waals surface area contributed by atoms with Crippen molar-refractivity contribution >= 4 is 7.26 Å². The normalized spacial score (nSPS) is 11.1. The standard InChI is InChI=1S/C12H28P.H2O/c1-5-9-13(10-6-2,11-7-3)12-8-4;/h5-12H2,1-4H3;1H2/q+1;/p-1. The Labute approximate surface area is 91.3 Å². The van der Waals surface area contributed by atoms with Crippen LogP contribution in [0.5, 0.6) is 0 Å². The lowest BCUT2D eigenvalue weighted by Crippen LogP contribution is -2.10. The highest BCUT2D eigenvalue weighted by atomic mass is 31.2. The summed E-state index contributed by atoms with van der Waals surface area (Å²) in [7, 11) is -0.496. The Morgan fingerprint density at radius 1 is 0.571 bits per heavy atom. The smallest absolute Gasteiger partial charge is 0.0591 e. The van der Waals surface area contributed by atoms with Crippen molar-refractivity contribution in [2.75, 3.05) is 24.6 Å². The molecule has 0 aromatic carbocycles. The first-order valence-electron chi connectivity index (χ1n) is 6.09. The van der Waals surface area contributed by atoms with Gasteiger partial charge in [0.15, 0.2) is 0 Å². The molecule has 0 aliphatic rings. The Hall–Kier alpha value is 0.390. The largest absolute Gasteiger partial charge is 0.870 e. The summed E-state index contributed by atoms with van der Waals surface area (Å²) in [6.07, 6.45) is 11.9. The van der Waals surface area contributed by atoms with Gasteiger partial charge in [-0.1, -0.05) is 27.7 Å². The van der Waals surface area contributed by atoms with E-state index in [-0.39, 0.29) is 5.48 Å². The van der Waals surface area contributed by atoms with Gasteiger partial charge in [0.1, 0.15) is 0 Å². The van der Waals surface area contributed by atoms with Gasteiger partial charge in [-0.25, -0.2) is 0 Å². The van der Waals surface area contributed by atoms with Crippen LogP contribution in [-0.4, -0.2) is 30.1 Å². The minimum atomic E-state index is -0.496. The minimum absolute atomic E-state index is 0. The fourth-order valence-corrected chi connectivity index (χ4v) is 7.70. The van der Waals surface area contributed by atoms with E-state index in [4.69, 9.17) is 0 Å². The van der Waals surface area contributed by atoms with Crippen LogP contribution < -0.4 is 0 Å². The number of rotatable bonds is 8. The third-order valence-electron chi connectivity index (χ3n) is 2.79. The van der Waals surface area contributed by atoms with Crippen molar-refractivity contribution < 1.29 is 5.48 Å². The molecule has 0 aromatic rings. The quantitative estimate of drug-likeness (QED) is 0.555. The Morgan fingerprint density at radius 2 is 0.786 bits per heavy atom. The average Bonchev–Trinajstić information content (AvgIpc) is 2.06. The highest BCUT2D eigenvalue weighted by Crippen LogP contribution is 2.60. The van der Waals surface area contributed by atoms with Crippen LogP contribution in [0.3, 0.4) is 0 Å². The lowest BCUT2D eigenvalue weighted by atomic mass is 10.5. The lowest BCUT2D eigenvalue weighted by molar-refractivity contribution is 0.824. The van der Waals surface area contributed by atoms with Crippen LogP contribution >= 0.6 is 7.26 Å². The van der Waals surface area contributed by atoms with Crippen molar-refractivity contribution in [1.82, 2.24) is 0 Å². The van der Waals surface area contributed by atoms with Crippen molar-refractivity contribution in [2.45, 2.75) is 53.4 Å². The van der Waals surface area contributed by atoms with E-state index in [1.807, 2.05) is 0 Å². The molecule has 0 fully saturated rings. The van der Waals surface area contributed by atoms with E-state index < -0.39 is 7.26 Å². The van der Waals surface area contributed by atoms with E-state index in [0.29, 0.717) is 0 Å². The van der Waals surface area contributed by atoms with Gasteiger partial charge in [-0.3, -0.25) is 0 Å². The Balaban J connectivity index is 0. The second kappa shape index (κ2) is 9.93. The predicted molar refractivity (Wildman–Crippen MR) is 69.5 cm³/mol. The zero-order valence-electron chi connectivity index (χ0n) is 10.6. The second-order valence-corrected chi connectivity index (χ2v) is 8.71. The van der Waals surface area contributed by atoms with E-state index in [2.05, 4.69) is 27.7 Å². The molecule has 2 heteroatoms. The number of hydrogen-bond acceptors (Lipinski definition) is 1. The van der Waals surface area contributed by atoms with Gasteiger partial charge in [-0.15, -0.1) is 0 Å². The first-order chi connectivity index (χ1) is 6.24. The first kappa shape index (κ1) is 16.8. The molecule has 0 unspecified atom stereocenters. The third-order valence-corrected chi connectivity index (χ3v) is 8.38. The monoisotopic (exact) mass is 220 g/mol. The molecule has 0 atom stereocenters. The highest BCUT2D eigenvalue weighted by Gasteiger charge is 2.32. The van der Waals surface area contributed by atoms with Gasteiger partial charge >= 0.3 is 0 Å². The Kier molecular flexibility index (Phi) is 11.9. The summed E-state index contributed by atoms with van der Waals surface area (Å²) in [6, 6.07) is 0. The summed E-state index contributed by atoms with van der Waals surface area (Å²) < 4.78 is 0. The van der Waals surface area contributed by atoms with Crippen LogP contribution in [0.1, 0.15) is 53.4 Å². The summed E-state index contributed by atoms with van der Waals surface area (Å²) >= 11 is 0. The van der Waals surface area contributed by atoms with Crippen LogP contribution in [0.4, 0.5) is 0 Å². The summed E-state index contributed by atoms with van der Waals surface area (Å²) in [4.78, 5) is 0. The van der Waals surface area contributed by atoms with Gasteiger partial charge in [-0.2, -0.15) is 0 Å². The Morgan fingerprint density at radius 3 is 0.929 bits per heavy atom. The van der Waals surface area contributed by atoms with E-state index in [1.54, 1.807) is 24.6 Å². The van der Waals surface area contributed by atoms with Crippen LogP contribution in [0.25, 0.3) is 0 Å². The van der Waals surface area contributed by atoms with Crippen molar-refractivity contribution in [2.24, 2.45) is 0 Å². The third kappa shape index (κ3) is 5.98. The van der Waals surface area contributed by atoms with Crippen molar-refractivity contribution in [1.29, 1.82) is 0 Å². The van der Waals surface area contributed by atoms with E-state index >= 15 is 0 Å². The van der Waals surface area contributed by atoms with Gasteiger partial charge in [0.2, 0.25) is 0 Å². The van der Waals surface area contributed by atoms with Crippen LogP contribution in [0, 0.1) is 0 Å². The van der Waals surface area contributed by atoms with Crippen LogP contribution in [-0.2, 0) is 0 Å². The topological polar surface area (TPSA) is 30.0 Å². The molecule has 0 saturated carbocycles. The molecule has 14 heavy (non-hydrogen) atoms. The predicted octanol–water partition coefficient (Wildman–Crippen LogP) is 4.47. The number of hydrogen-bond donors (Lipinski definition) is 0. The molecular weight excluding hydrogens is 191 g/mol. The molecule has 0 bridgehead atoms. The summed E-state index contributed by atoms with van der Waals surface area (Å²) in [5.74, 6) is 0. The van der Waals surface area contributed by atoms with E-state index in [0.717, 1.165) is 0 Å². The van der Waals surface area contributed by atoms with Gasteiger partial charge in [0.05, 0.1) is 24.6 Å². The van der Waals surface area contributed by atoms with Crippen molar-refractivity contribution in [3.05, 3.63) is 0 Å². The molecule has 0 aromatic heterocycles. The SMILES string of the molecule is CCC[P+](CCC)(CCC)CCC.[OH-]. The fraction of sp³-hybridized carbons (Fsp3) is 1.00. The van der Waals surface area contributed by atoms with Gasteiger partial charge in [0.25, 0.3) is 0 Å². The fourth-order valence-electron chi connectivity index (χ4n) is 2.57. The molecule has 1 nitrogen and oxygen atoms in total. The molecule has 0 heterocycles. The van der Waals surface area contributed by atoms with Gasteiger partial charge < -0.3 is 5.48 Å². The zero-order chi connectivity index (χ0) is 10.2. The lowest BCUT2D eigenvalue weighted by Gasteiger charge is -2.26. The van der Waals surface area contributed by atoms with Gasteiger partial charge in [0, 0.05) is 7.26 Å². The molecular formula is C12H29OP. The second-order valence-electron chi connectivity index (χ2n) is 4.24. The van der Waals surface area contributed by atoms with E-state index in [9.17, 15) is 0 Å². The minimum Gasteiger partial charge on any atom is -0.870 e. The first-order valence-corrected chi connectivity index (χ1v) is 8.62. The Bertz CT molecular complexity index is 85.4. The maximum atomic E-state index is 2.36.